The second-order valence-corrected chi connectivity index (χ2v) is 7.58. The number of epoxide rings is 2. The normalized spacial score (nSPS) is 24.0. The van der Waals surface area contributed by atoms with Crippen LogP contribution >= 0.6 is 46.4 Å². The second kappa shape index (κ2) is 7.24. The molecule has 2 unspecified atom stereocenters. The van der Waals surface area contributed by atoms with Crippen LogP contribution in [-0.4, -0.2) is 25.4 Å². The van der Waals surface area contributed by atoms with Gasteiger partial charge in [-0.2, -0.15) is 0 Å². The summed E-state index contributed by atoms with van der Waals surface area (Å²) in [6.07, 6.45) is -0.878. The number of hydrogen-bond donors (Lipinski definition) is 0. The van der Waals surface area contributed by atoms with Gasteiger partial charge in [-0.15, -0.1) is 0 Å². The molecule has 0 aliphatic carbocycles. The number of rotatable bonds is 6. The zero-order valence-electron chi connectivity index (χ0n) is 12.9. The van der Waals surface area contributed by atoms with Gasteiger partial charge in [-0.05, 0) is 12.1 Å². The molecule has 0 saturated carbocycles. The summed E-state index contributed by atoms with van der Waals surface area (Å²) in [7, 11) is 0. The van der Waals surface area contributed by atoms with Crippen molar-refractivity contribution in [3.8, 4) is 0 Å². The minimum absolute atomic E-state index is 0.0739. The highest BCUT2D eigenvalue weighted by Gasteiger charge is 2.43. The molecule has 4 atom stereocenters. The molecule has 2 aromatic rings. The maximum absolute atomic E-state index is 6.41. The van der Waals surface area contributed by atoms with E-state index in [0.717, 1.165) is 11.1 Å². The van der Waals surface area contributed by atoms with Crippen LogP contribution in [0.25, 0.3) is 0 Å². The number of halogens is 4. The molecule has 0 amide bonds. The van der Waals surface area contributed by atoms with Gasteiger partial charge in [-0.1, -0.05) is 70.7 Å². The summed E-state index contributed by atoms with van der Waals surface area (Å²) < 4.78 is 17.4. The molecule has 2 aliphatic heterocycles. The van der Waals surface area contributed by atoms with Gasteiger partial charge in [0.1, 0.15) is 24.4 Å². The highest BCUT2D eigenvalue weighted by atomic mass is 35.5. The van der Waals surface area contributed by atoms with Gasteiger partial charge in [0.05, 0.1) is 33.3 Å². The smallest absolute Gasteiger partial charge is 0.113 e. The fourth-order valence-electron chi connectivity index (χ4n) is 2.82. The quantitative estimate of drug-likeness (QED) is 0.547. The van der Waals surface area contributed by atoms with Crippen LogP contribution < -0.4 is 0 Å². The van der Waals surface area contributed by atoms with E-state index in [1.807, 2.05) is 24.3 Å². The van der Waals surface area contributed by atoms with E-state index in [-0.39, 0.29) is 24.4 Å². The van der Waals surface area contributed by atoms with E-state index >= 15 is 0 Å². The van der Waals surface area contributed by atoms with E-state index in [2.05, 4.69) is 0 Å². The third-order valence-corrected chi connectivity index (χ3v) is 5.93. The molecule has 0 N–H and O–H groups in total. The van der Waals surface area contributed by atoms with Crippen molar-refractivity contribution >= 4 is 46.4 Å². The SMILES string of the molecule is Clc1cccc([C@H](O[C@@H](c2cccc(Cl)c2Cl)C2CO2)C2CO2)c1Cl. The lowest BCUT2D eigenvalue weighted by Crippen LogP contribution is -2.19. The summed E-state index contributed by atoms with van der Waals surface area (Å²) in [5.74, 6) is 0. The van der Waals surface area contributed by atoms with Crippen molar-refractivity contribution in [3.63, 3.8) is 0 Å². The van der Waals surface area contributed by atoms with Crippen LogP contribution in [0, 0.1) is 0 Å². The van der Waals surface area contributed by atoms with Gasteiger partial charge in [0, 0.05) is 11.1 Å². The molecule has 2 heterocycles. The highest BCUT2D eigenvalue weighted by molar-refractivity contribution is 6.43. The summed E-state index contributed by atoms with van der Waals surface area (Å²) >= 11 is 25.1. The predicted molar refractivity (Wildman–Crippen MR) is 99.0 cm³/mol. The third kappa shape index (κ3) is 3.79. The van der Waals surface area contributed by atoms with Crippen LogP contribution in [0.3, 0.4) is 0 Å². The van der Waals surface area contributed by atoms with Crippen LogP contribution in [0.5, 0.6) is 0 Å². The molecule has 0 bridgehead atoms. The lowest BCUT2D eigenvalue weighted by Gasteiger charge is -2.25. The molecule has 2 saturated heterocycles. The molecule has 0 radical (unpaired) electrons. The molecule has 2 aliphatic rings. The van der Waals surface area contributed by atoms with Gasteiger partial charge < -0.3 is 14.2 Å². The summed E-state index contributed by atoms with van der Waals surface area (Å²) in [4.78, 5) is 0. The van der Waals surface area contributed by atoms with Crippen LogP contribution in [0.2, 0.25) is 20.1 Å². The Labute approximate surface area is 165 Å². The van der Waals surface area contributed by atoms with E-state index in [9.17, 15) is 0 Å². The second-order valence-electron chi connectivity index (χ2n) is 6.01. The Kier molecular flexibility index (Phi) is 5.18. The monoisotopic (exact) mass is 418 g/mol. The Bertz CT molecular complexity index is 724. The fraction of sp³-hybridized carbons (Fsp3) is 0.333. The van der Waals surface area contributed by atoms with Crippen molar-refractivity contribution in [2.45, 2.75) is 24.4 Å². The van der Waals surface area contributed by atoms with Crippen molar-refractivity contribution in [1.82, 2.24) is 0 Å². The Morgan fingerprint density at radius 2 is 1.16 bits per heavy atom. The summed E-state index contributed by atoms with van der Waals surface area (Å²) in [5.41, 5.74) is 1.58. The summed E-state index contributed by atoms with van der Waals surface area (Å²) in [5, 5.41) is 1.90. The first-order chi connectivity index (χ1) is 12.1. The van der Waals surface area contributed by atoms with E-state index < -0.39 is 0 Å². The molecule has 0 spiro atoms. The molecule has 4 rings (SSSR count). The molecular formula is C18H14Cl4O3. The van der Waals surface area contributed by atoms with Gasteiger partial charge in [0.25, 0.3) is 0 Å². The van der Waals surface area contributed by atoms with Crippen molar-refractivity contribution in [2.75, 3.05) is 13.2 Å². The van der Waals surface area contributed by atoms with E-state index in [1.54, 1.807) is 12.1 Å². The minimum atomic E-state index is -0.365. The lowest BCUT2D eigenvalue weighted by atomic mass is 10.0. The van der Waals surface area contributed by atoms with E-state index in [4.69, 9.17) is 60.6 Å². The number of ether oxygens (including phenoxy) is 3. The van der Waals surface area contributed by atoms with Crippen LogP contribution in [-0.2, 0) is 14.2 Å². The van der Waals surface area contributed by atoms with Gasteiger partial charge in [0.2, 0.25) is 0 Å². The van der Waals surface area contributed by atoms with E-state index in [0.29, 0.717) is 33.3 Å². The van der Waals surface area contributed by atoms with Gasteiger partial charge in [-0.25, -0.2) is 0 Å². The van der Waals surface area contributed by atoms with Crippen molar-refractivity contribution in [1.29, 1.82) is 0 Å². The Morgan fingerprint density at radius 1 is 0.760 bits per heavy atom. The third-order valence-electron chi connectivity index (χ3n) is 4.26. The highest BCUT2D eigenvalue weighted by Crippen LogP contribution is 2.45. The minimum Gasteiger partial charge on any atom is -0.370 e. The van der Waals surface area contributed by atoms with Gasteiger partial charge >= 0.3 is 0 Å². The predicted octanol–water partition coefficient (Wildman–Crippen LogP) is 5.90. The molecule has 132 valence electrons. The number of benzene rings is 2. The Morgan fingerprint density at radius 3 is 1.52 bits per heavy atom. The summed E-state index contributed by atoms with van der Waals surface area (Å²) in [6, 6.07) is 11.0. The fourth-order valence-corrected chi connectivity index (χ4v) is 3.65. The van der Waals surface area contributed by atoms with Gasteiger partial charge in [-0.3, -0.25) is 0 Å². The van der Waals surface area contributed by atoms with Crippen molar-refractivity contribution in [3.05, 3.63) is 67.6 Å². The number of hydrogen-bond acceptors (Lipinski definition) is 3. The lowest BCUT2D eigenvalue weighted by molar-refractivity contribution is -0.0418. The van der Waals surface area contributed by atoms with Gasteiger partial charge in [0.15, 0.2) is 0 Å². The maximum Gasteiger partial charge on any atom is 0.113 e. The molecule has 2 fully saturated rings. The average molecular weight is 420 g/mol. The molecule has 7 heteroatoms. The largest absolute Gasteiger partial charge is 0.370 e. The first kappa shape index (κ1) is 17.9. The topological polar surface area (TPSA) is 34.3 Å². The first-order valence-corrected chi connectivity index (χ1v) is 9.34. The zero-order chi connectivity index (χ0) is 17.6. The standard InChI is InChI=1S/C18H14Cl4O3/c19-11-5-1-3-9(15(11)21)17(13-7-23-13)25-18(14-8-24-14)10-4-2-6-12(20)16(10)22/h1-6,13-14,17-18H,7-8H2/t13?,14?,17-,18-/m0/s1. The van der Waals surface area contributed by atoms with Crippen LogP contribution in [0.15, 0.2) is 36.4 Å². The maximum atomic E-state index is 6.41. The van der Waals surface area contributed by atoms with Crippen molar-refractivity contribution in [2.24, 2.45) is 0 Å². The molecule has 0 aromatic heterocycles. The average Bonchev–Trinajstić information content (AvgIpc) is 3.47. The molecule has 25 heavy (non-hydrogen) atoms. The molecule has 2 aromatic carbocycles. The molecule has 3 nitrogen and oxygen atoms in total. The van der Waals surface area contributed by atoms with E-state index in [1.165, 1.54) is 0 Å². The molecular weight excluding hydrogens is 406 g/mol. The van der Waals surface area contributed by atoms with Crippen LogP contribution in [0.4, 0.5) is 0 Å². The summed E-state index contributed by atoms with van der Waals surface area (Å²) in [6.45, 7) is 1.21. The van der Waals surface area contributed by atoms with Crippen LogP contribution in [0.1, 0.15) is 23.3 Å². The van der Waals surface area contributed by atoms with Crippen molar-refractivity contribution < 1.29 is 14.2 Å². The zero-order valence-corrected chi connectivity index (χ0v) is 15.9. The first-order valence-electron chi connectivity index (χ1n) is 7.82. The Hall–Kier alpha value is -0.520. The Balaban J connectivity index is 1.68.